The Morgan fingerprint density at radius 1 is 0.971 bits per heavy atom. The number of aliphatic hydroxyl groups excluding tert-OH is 2. The van der Waals surface area contributed by atoms with Crippen molar-refractivity contribution in [1.29, 1.82) is 0 Å². The first-order valence-electron chi connectivity index (χ1n) is 12.3. The molecule has 1 saturated heterocycles. The Kier molecular flexibility index (Phi) is 7.07. The quantitative estimate of drug-likeness (QED) is 0.413. The summed E-state index contributed by atoms with van der Waals surface area (Å²) >= 11 is 0. The molecule has 2 fully saturated rings. The molecule has 186 valence electrons. The highest BCUT2D eigenvalue weighted by atomic mass is 32.2. The molecular formula is C27H32N2O5S. The Balaban J connectivity index is 1.42. The molecule has 3 heterocycles. The highest BCUT2D eigenvalue weighted by Crippen LogP contribution is 2.37. The van der Waals surface area contributed by atoms with Crippen LogP contribution in [0, 0.1) is 5.92 Å². The van der Waals surface area contributed by atoms with E-state index >= 15 is 0 Å². The van der Waals surface area contributed by atoms with Crippen LogP contribution >= 0.6 is 0 Å². The minimum atomic E-state index is -3.21. The SMILES string of the molecule is O=S(=O)(c1ccc(C(CC2CCOCC2)c2ccc(-c3ccc(C(O)CO)cn3)[nH]2)cc1)C1CC1. The zero-order valence-electron chi connectivity index (χ0n) is 19.6. The number of aliphatic hydroxyl groups is 2. The fourth-order valence-corrected chi connectivity index (χ4v) is 6.51. The molecule has 1 saturated carbocycles. The molecule has 5 rings (SSSR count). The molecule has 1 aliphatic heterocycles. The van der Waals surface area contributed by atoms with Gasteiger partial charge < -0.3 is 19.9 Å². The van der Waals surface area contributed by atoms with E-state index in [2.05, 4.69) is 16.0 Å². The lowest BCUT2D eigenvalue weighted by Crippen LogP contribution is -2.19. The summed E-state index contributed by atoms with van der Waals surface area (Å²) in [5.41, 5.74) is 4.34. The van der Waals surface area contributed by atoms with E-state index in [0.29, 0.717) is 16.4 Å². The first-order chi connectivity index (χ1) is 17.0. The number of hydrogen-bond donors (Lipinski definition) is 3. The van der Waals surface area contributed by atoms with E-state index < -0.39 is 15.9 Å². The molecule has 0 spiro atoms. The summed E-state index contributed by atoms with van der Waals surface area (Å²) in [6.45, 7) is 1.21. The molecule has 0 bridgehead atoms. The second-order valence-electron chi connectivity index (χ2n) is 9.66. The third-order valence-corrected chi connectivity index (χ3v) is 9.47. The van der Waals surface area contributed by atoms with Gasteiger partial charge in [0.25, 0.3) is 0 Å². The molecule has 3 aromatic rings. The van der Waals surface area contributed by atoms with Crippen LogP contribution in [0.4, 0.5) is 0 Å². The summed E-state index contributed by atoms with van der Waals surface area (Å²) in [7, 11) is -3.21. The number of benzene rings is 1. The van der Waals surface area contributed by atoms with E-state index in [1.165, 1.54) is 0 Å². The van der Waals surface area contributed by atoms with Crippen LogP contribution in [0.15, 0.2) is 59.6 Å². The number of hydrogen-bond acceptors (Lipinski definition) is 6. The number of aromatic amines is 1. The van der Waals surface area contributed by atoms with E-state index in [9.17, 15) is 13.5 Å². The average molecular weight is 497 g/mol. The van der Waals surface area contributed by atoms with Crippen LogP contribution in [0.25, 0.3) is 11.4 Å². The van der Waals surface area contributed by atoms with Gasteiger partial charge in [0.1, 0.15) is 6.10 Å². The molecule has 35 heavy (non-hydrogen) atoms. The Hall–Kier alpha value is -2.52. The Bertz CT molecular complexity index is 1230. The lowest BCUT2D eigenvalue weighted by Gasteiger charge is -2.27. The van der Waals surface area contributed by atoms with Crippen LogP contribution in [0.2, 0.25) is 0 Å². The summed E-state index contributed by atoms with van der Waals surface area (Å²) in [4.78, 5) is 8.40. The van der Waals surface area contributed by atoms with Crippen molar-refractivity contribution in [2.75, 3.05) is 19.8 Å². The molecule has 0 amide bonds. The summed E-state index contributed by atoms with van der Waals surface area (Å²) in [5, 5.41) is 18.7. The largest absolute Gasteiger partial charge is 0.393 e. The molecule has 2 atom stereocenters. The Morgan fingerprint density at radius 3 is 2.31 bits per heavy atom. The highest BCUT2D eigenvalue weighted by Gasteiger charge is 2.37. The first-order valence-corrected chi connectivity index (χ1v) is 13.9. The number of sulfone groups is 1. The summed E-state index contributed by atoms with van der Waals surface area (Å²) in [6.07, 6.45) is 5.16. The van der Waals surface area contributed by atoms with E-state index in [1.54, 1.807) is 24.4 Å². The molecule has 2 aromatic heterocycles. The standard InChI is InChI=1S/C27H32N2O5S/c30-17-27(31)20-3-8-25(28-16-20)26-10-9-24(29-26)23(15-18-11-13-34-14-12-18)19-1-4-21(5-2-19)35(32,33)22-6-7-22/h1-5,8-10,16,18,22-23,27,29-31H,6-7,11-15,17H2. The van der Waals surface area contributed by atoms with Gasteiger partial charge in [-0.3, -0.25) is 4.98 Å². The molecular weight excluding hydrogens is 464 g/mol. The van der Waals surface area contributed by atoms with Crippen LogP contribution < -0.4 is 0 Å². The molecule has 8 heteroatoms. The minimum absolute atomic E-state index is 0.0972. The van der Waals surface area contributed by atoms with Crippen molar-refractivity contribution in [3.8, 4) is 11.4 Å². The van der Waals surface area contributed by atoms with Gasteiger partial charge >= 0.3 is 0 Å². The highest BCUT2D eigenvalue weighted by molar-refractivity contribution is 7.92. The lowest BCUT2D eigenvalue weighted by atomic mass is 9.83. The molecule has 1 aliphatic carbocycles. The van der Waals surface area contributed by atoms with Gasteiger partial charge in [0.15, 0.2) is 9.84 Å². The maximum atomic E-state index is 12.7. The van der Waals surface area contributed by atoms with E-state index in [1.807, 2.05) is 24.3 Å². The summed E-state index contributed by atoms with van der Waals surface area (Å²) < 4.78 is 30.9. The Labute approximate surface area is 206 Å². The number of nitrogens with one attached hydrogen (secondary N) is 1. The molecule has 3 N–H and O–H groups in total. The van der Waals surface area contributed by atoms with Gasteiger partial charge in [0, 0.05) is 36.6 Å². The second-order valence-corrected chi connectivity index (χ2v) is 11.9. The van der Waals surface area contributed by atoms with E-state index in [0.717, 1.165) is 68.0 Å². The van der Waals surface area contributed by atoms with Crippen LogP contribution in [-0.2, 0) is 14.6 Å². The molecule has 2 aliphatic rings. The fourth-order valence-electron chi connectivity index (χ4n) is 4.85. The Morgan fingerprint density at radius 2 is 1.69 bits per heavy atom. The van der Waals surface area contributed by atoms with Crippen LogP contribution in [-0.4, -0.2) is 53.7 Å². The smallest absolute Gasteiger partial charge is 0.181 e. The molecule has 2 unspecified atom stereocenters. The second kappa shape index (κ2) is 10.2. The van der Waals surface area contributed by atoms with Crippen molar-refractivity contribution in [2.45, 2.75) is 54.3 Å². The molecule has 7 nitrogen and oxygen atoms in total. The van der Waals surface area contributed by atoms with Gasteiger partial charge in [-0.15, -0.1) is 0 Å². The van der Waals surface area contributed by atoms with E-state index in [4.69, 9.17) is 9.84 Å². The van der Waals surface area contributed by atoms with Gasteiger partial charge in [-0.25, -0.2) is 8.42 Å². The van der Waals surface area contributed by atoms with Crippen molar-refractivity contribution in [3.63, 3.8) is 0 Å². The number of rotatable bonds is 9. The van der Waals surface area contributed by atoms with Crippen molar-refractivity contribution in [1.82, 2.24) is 9.97 Å². The topological polar surface area (TPSA) is 113 Å². The first kappa shape index (κ1) is 24.2. The van der Waals surface area contributed by atoms with Crippen LogP contribution in [0.3, 0.4) is 0 Å². The molecule has 0 radical (unpaired) electrons. The third-order valence-electron chi connectivity index (χ3n) is 7.19. The maximum Gasteiger partial charge on any atom is 0.181 e. The zero-order valence-corrected chi connectivity index (χ0v) is 20.5. The van der Waals surface area contributed by atoms with Gasteiger partial charge in [-0.1, -0.05) is 18.2 Å². The van der Waals surface area contributed by atoms with E-state index in [-0.39, 0.29) is 17.8 Å². The van der Waals surface area contributed by atoms with Crippen LogP contribution in [0.1, 0.15) is 60.9 Å². The number of nitrogens with zero attached hydrogens (tertiary/aromatic N) is 1. The predicted octanol–water partition coefficient (Wildman–Crippen LogP) is 3.99. The van der Waals surface area contributed by atoms with Crippen molar-refractivity contribution in [2.24, 2.45) is 5.92 Å². The van der Waals surface area contributed by atoms with Crippen LogP contribution in [0.5, 0.6) is 0 Å². The normalized spacial score (nSPS) is 18.9. The monoisotopic (exact) mass is 496 g/mol. The number of pyridine rings is 1. The minimum Gasteiger partial charge on any atom is -0.393 e. The summed E-state index contributed by atoms with van der Waals surface area (Å²) in [5.74, 6) is 0.632. The maximum absolute atomic E-state index is 12.7. The van der Waals surface area contributed by atoms with Gasteiger partial charge in [-0.2, -0.15) is 0 Å². The number of aromatic nitrogens is 2. The lowest BCUT2D eigenvalue weighted by molar-refractivity contribution is 0.0626. The number of ether oxygens (including phenoxy) is 1. The third kappa shape index (κ3) is 5.35. The van der Waals surface area contributed by atoms with Crippen molar-refractivity contribution in [3.05, 3.63) is 71.5 Å². The van der Waals surface area contributed by atoms with Gasteiger partial charge in [0.2, 0.25) is 0 Å². The van der Waals surface area contributed by atoms with Crippen molar-refractivity contribution >= 4 is 9.84 Å². The zero-order chi connectivity index (χ0) is 24.4. The predicted molar refractivity (Wildman–Crippen MR) is 133 cm³/mol. The number of H-pyrrole nitrogens is 1. The summed E-state index contributed by atoms with van der Waals surface area (Å²) in [6, 6.07) is 15.1. The fraction of sp³-hybridized carbons (Fsp3) is 0.444. The van der Waals surface area contributed by atoms with Gasteiger partial charge in [-0.05, 0) is 73.9 Å². The van der Waals surface area contributed by atoms with Gasteiger partial charge in [0.05, 0.1) is 28.1 Å². The molecule has 1 aromatic carbocycles. The van der Waals surface area contributed by atoms with Crippen molar-refractivity contribution < 1.29 is 23.4 Å². The average Bonchev–Trinajstić information content (AvgIpc) is 3.66.